The number of urea groups is 1. The minimum atomic E-state index is -4.67. The maximum Gasteiger partial charge on any atom is 0.416 e. The van der Waals surface area contributed by atoms with Gasteiger partial charge in [0.1, 0.15) is 12.3 Å². The number of carbonyl (C=O) groups is 3. The van der Waals surface area contributed by atoms with Crippen LogP contribution in [0.5, 0.6) is 0 Å². The molecule has 0 saturated heterocycles. The summed E-state index contributed by atoms with van der Waals surface area (Å²) in [5.74, 6) is -0.548. The molecule has 2 aliphatic heterocycles. The quantitative estimate of drug-likeness (QED) is 0.735. The zero-order valence-corrected chi connectivity index (χ0v) is 16.9. The lowest BCUT2D eigenvalue weighted by Crippen LogP contribution is -2.45. The number of benzene rings is 1. The second-order valence-corrected chi connectivity index (χ2v) is 7.40. The molecule has 1 unspecified atom stereocenters. The molecular weight excluding hydrogens is 429 g/mol. The molecule has 4 rings (SSSR count). The van der Waals surface area contributed by atoms with Crippen molar-refractivity contribution in [1.82, 2.24) is 20.4 Å². The molecule has 0 spiro atoms. The van der Waals surface area contributed by atoms with Gasteiger partial charge in [-0.05, 0) is 23.8 Å². The van der Waals surface area contributed by atoms with E-state index in [1.807, 2.05) is 0 Å². The molecule has 2 aliphatic rings. The van der Waals surface area contributed by atoms with Crippen molar-refractivity contribution in [2.45, 2.75) is 18.8 Å². The number of nitrogens with one attached hydrogen (secondary N) is 2. The van der Waals surface area contributed by atoms with Crippen LogP contribution in [0, 0.1) is 0 Å². The normalized spacial score (nSPS) is 18.7. The van der Waals surface area contributed by atoms with Gasteiger partial charge in [0.2, 0.25) is 5.91 Å². The van der Waals surface area contributed by atoms with Crippen molar-refractivity contribution in [3.63, 3.8) is 0 Å². The predicted molar refractivity (Wildman–Crippen MR) is 105 cm³/mol. The largest absolute Gasteiger partial charge is 0.467 e. The van der Waals surface area contributed by atoms with Crippen molar-refractivity contribution in [3.8, 4) is 0 Å². The maximum atomic E-state index is 13.6. The lowest BCUT2D eigenvalue weighted by Gasteiger charge is -2.32. The second-order valence-electron chi connectivity index (χ2n) is 7.40. The first-order valence-electron chi connectivity index (χ1n) is 9.68. The van der Waals surface area contributed by atoms with Gasteiger partial charge in [0.05, 0.1) is 42.2 Å². The third-order valence-electron chi connectivity index (χ3n) is 5.39. The summed E-state index contributed by atoms with van der Waals surface area (Å²) in [6.07, 6.45) is -3.21. The van der Waals surface area contributed by atoms with Crippen molar-refractivity contribution < 1.29 is 32.0 Å². The van der Waals surface area contributed by atoms with Crippen LogP contribution in [0.25, 0.3) is 0 Å². The Bertz CT molecular complexity index is 1090. The first-order valence-corrected chi connectivity index (χ1v) is 9.68. The minimum Gasteiger partial charge on any atom is -0.467 e. The number of alkyl halides is 3. The topological polar surface area (TPSA) is 94.9 Å². The van der Waals surface area contributed by atoms with Crippen molar-refractivity contribution in [2.24, 2.45) is 0 Å². The Balaban J connectivity index is 1.58. The van der Waals surface area contributed by atoms with Crippen LogP contribution < -0.4 is 10.6 Å². The van der Waals surface area contributed by atoms with Crippen LogP contribution in [0.15, 0.2) is 58.3 Å². The van der Waals surface area contributed by atoms with Crippen molar-refractivity contribution in [1.29, 1.82) is 0 Å². The number of hydrogen-bond donors (Lipinski definition) is 2. The molecule has 2 N–H and O–H groups in total. The Morgan fingerprint density at radius 1 is 1.22 bits per heavy atom. The van der Waals surface area contributed by atoms with Gasteiger partial charge in [-0.15, -0.1) is 0 Å². The summed E-state index contributed by atoms with van der Waals surface area (Å²) in [6, 6.07) is 6.21. The van der Waals surface area contributed by atoms with Gasteiger partial charge in [-0.3, -0.25) is 14.5 Å². The standard InChI is InChI=1S/C21H19F3N4O4/c1-27-15-10-28(11-16(29)25-9-12-5-4-8-32-12)19(30)17(15)18(26-20(27)31)13-6-2-3-7-14(13)21(22,23)24/h2-8,18H,9-11H2,1H3,(H,25,29)(H,26,31). The number of carbonyl (C=O) groups excluding carboxylic acids is 3. The molecule has 1 atom stereocenters. The Morgan fingerprint density at radius 3 is 2.66 bits per heavy atom. The summed E-state index contributed by atoms with van der Waals surface area (Å²) in [7, 11) is 1.42. The fourth-order valence-electron chi connectivity index (χ4n) is 3.82. The molecule has 32 heavy (non-hydrogen) atoms. The molecule has 168 valence electrons. The molecule has 0 bridgehead atoms. The van der Waals surface area contributed by atoms with Gasteiger partial charge in [-0.2, -0.15) is 13.2 Å². The van der Waals surface area contributed by atoms with Crippen LogP contribution in [0.4, 0.5) is 18.0 Å². The fourth-order valence-corrected chi connectivity index (χ4v) is 3.82. The van der Waals surface area contributed by atoms with E-state index in [4.69, 9.17) is 4.42 Å². The monoisotopic (exact) mass is 448 g/mol. The van der Waals surface area contributed by atoms with Crippen LogP contribution >= 0.6 is 0 Å². The average Bonchev–Trinajstić information content (AvgIpc) is 3.37. The van der Waals surface area contributed by atoms with E-state index in [9.17, 15) is 27.6 Å². The third-order valence-corrected chi connectivity index (χ3v) is 5.39. The highest BCUT2D eigenvalue weighted by molar-refractivity contribution is 6.03. The number of furan rings is 1. The minimum absolute atomic E-state index is 0.0163. The van der Waals surface area contributed by atoms with Crippen LogP contribution in [-0.4, -0.2) is 47.8 Å². The number of halogens is 3. The Kier molecular flexibility index (Phi) is 5.41. The number of nitrogens with zero attached hydrogens (tertiary/aromatic N) is 2. The zero-order valence-electron chi connectivity index (χ0n) is 16.9. The molecule has 0 radical (unpaired) electrons. The van der Waals surface area contributed by atoms with Crippen LogP contribution in [0.1, 0.15) is 22.9 Å². The van der Waals surface area contributed by atoms with Gasteiger partial charge in [-0.25, -0.2) is 4.79 Å². The van der Waals surface area contributed by atoms with E-state index in [0.29, 0.717) is 5.76 Å². The molecule has 11 heteroatoms. The van der Waals surface area contributed by atoms with Crippen molar-refractivity contribution in [2.75, 3.05) is 20.1 Å². The first-order chi connectivity index (χ1) is 15.2. The number of likely N-dealkylation sites (N-methyl/N-ethyl adjacent to an activating group) is 1. The summed E-state index contributed by atoms with van der Waals surface area (Å²) in [6.45, 7) is -0.262. The highest BCUT2D eigenvalue weighted by atomic mass is 19.4. The summed E-state index contributed by atoms with van der Waals surface area (Å²) in [5, 5.41) is 5.10. The predicted octanol–water partition coefficient (Wildman–Crippen LogP) is 2.41. The Morgan fingerprint density at radius 2 is 1.97 bits per heavy atom. The molecule has 3 heterocycles. The van der Waals surface area contributed by atoms with Crippen LogP contribution in [0.2, 0.25) is 0 Å². The molecule has 1 aromatic carbocycles. The molecule has 2 aromatic rings. The molecule has 0 fully saturated rings. The zero-order chi connectivity index (χ0) is 23.0. The summed E-state index contributed by atoms with van der Waals surface area (Å²) < 4.78 is 45.9. The van der Waals surface area contributed by atoms with E-state index in [2.05, 4.69) is 10.6 Å². The van der Waals surface area contributed by atoms with Gasteiger partial charge in [-0.1, -0.05) is 18.2 Å². The van der Waals surface area contributed by atoms with Crippen molar-refractivity contribution >= 4 is 17.8 Å². The van der Waals surface area contributed by atoms with E-state index in [0.717, 1.165) is 6.07 Å². The maximum absolute atomic E-state index is 13.6. The van der Waals surface area contributed by atoms with E-state index in [1.54, 1.807) is 12.1 Å². The van der Waals surface area contributed by atoms with Gasteiger partial charge in [0, 0.05) is 7.05 Å². The molecule has 0 saturated carbocycles. The summed E-state index contributed by atoms with van der Waals surface area (Å²) in [5.41, 5.74) is -0.891. The van der Waals surface area contributed by atoms with Crippen LogP contribution in [0.3, 0.4) is 0 Å². The van der Waals surface area contributed by atoms with Crippen molar-refractivity contribution in [3.05, 3.63) is 70.8 Å². The van der Waals surface area contributed by atoms with Gasteiger partial charge >= 0.3 is 12.2 Å². The van der Waals surface area contributed by atoms with E-state index >= 15 is 0 Å². The van der Waals surface area contributed by atoms with E-state index in [-0.39, 0.29) is 36.5 Å². The number of hydrogen-bond acceptors (Lipinski definition) is 4. The number of amides is 4. The Hall–Kier alpha value is -3.76. The fraction of sp³-hybridized carbons (Fsp3) is 0.286. The number of rotatable bonds is 5. The molecule has 8 nitrogen and oxygen atoms in total. The van der Waals surface area contributed by atoms with E-state index < -0.39 is 35.6 Å². The summed E-state index contributed by atoms with van der Waals surface area (Å²) in [4.78, 5) is 40.2. The van der Waals surface area contributed by atoms with Crippen LogP contribution in [-0.2, 0) is 22.3 Å². The average molecular weight is 448 g/mol. The van der Waals surface area contributed by atoms with Gasteiger partial charge in [0.15, 0.2) is 0 Å². The first kappa shape index (κ1) is 21.5. The SMILES string of the molecule is CN1C(=O)NC(c2ccccc2C(F)(F)F)C2=C1CN(CC(=O)NCc1ccco1)C2=O. The smallest absolute Gasteiger partial charge is 0.416 e. The summed E-state index contributed by atoms with van der Waals surface area (Å²) >= 11 is 0. The van der Waals surface area contributed by atoms with Gasteiger partial charge in [0.25, 0.3) is 5.91 Å². The lowest BCUT2D eigenvalue weighted by atomic mass is 9.92. The molecule has 4 amide bonds. The Labute approximate surface area is 180 Å². The molecule has 0 aliphatic carbocycles. The van der Waals surface area contributed by atoms with Gasteiger partial charge < -0.3 is 20.0 Å². The third kappa shape index (κ3) is 3.93. The lowest BCUT2D eigenvalue weighted by molar-refractivity contribution is -0.138. The highest BCUT2D eigenvalue weighted by Crippen LogP contribution is 2.41. The van der Waals surface area contributed by atoms with E-state index in [1.165, 1.54) is 41.3 Å². The molecular formula is C21H19F3N4O4. The second kappa shape index (κ2) is 8.06. The highest BCUT2D eigenvalue weighted by Gasteiger charge is 2.46. The molecule has 1 aromatic heterocycles.